The van der Waals surface area contributed by atoms with Gasteiger partial charge in [-0.05, 0) is 37.5 Å². The lowest BCUT2D eigenvalue weighted by molar-refractivity contribution is 0.0953. The minimum Gasteiger partial charge on any atom is -0.352 e. The van der Waals surface area contributed by atoms with Gasteiger partial charge in [-0.25, -0.2) is 13.6 Å². The number of aryl methyl sites for hydroxylation is 2. The topological polar surface area (TPSA) is 120 Å². The summed E-state index contributed by atoms with van der Waals surface area (Å²) in [5.74, 6) is 1.56. The van der Waals surface area contributed by atoms with Crippen LogP contribution < -0.4 is 10.5 Å². The number of carbonyl (C=O) groups is 1. The van der Waals surface area contributed by atoms with Crippen molar-refractivity contribution in [2.45, 2.75) is 50.5 Å². The van der Waals surface area contributed by atoms with Crippen LogP contribution in [0.4, 0.5) is 0 Å². The van der Waals surface area contributed by atoms with Gasteiger partial charge in [-0.15, -0.1) is 10.2 Å². The molecule has 26 heavy (non-hydrogen) atoms. The van der Waals surface area contributed by atoms with Gasteiger partial charge in [0.1, 0.15) is 11.6 Å². The molecule has 0 bridgehead atoms. The Morgan fingerprint density at radius 2 is 2.08 bits per heavy atom. The molecule has 8 nitrogen and oxygen atoms in total. The fraction of sp³-hybridized carbons (Fsp3) is 0.471. The van der Waals surface area contributed by atoms with Crippen molar-refractivity contribution >= 4 is 15.9 Å². The molecule has 0 fully saturated rings. The number of nitrogens with two attached hydrogens (primary N) is 1. The van der Waals surface area contributed by atoms with Gasteiger partial charge in [0.25, 0.3) is 5.91 Å². The summed E-state index contributed by atoms with van der Waals surface area (Å²) in [4.78, 5) is 12.4. The fourth-order valence-electron chi connectivity index (χ4n) is 3.14. The van der Waals surface area contributed by atoms with Crippen LogP contribution in [-0.4, -0.2) is 35.6 Å². The molecule has 1 amide bonds. The van der Waals surface area contributed by atoms with Crippen molar-refractivity contribution in [3.05, 3.63) is 41.0 Å². The SMILES string of the molecule is Cc1ccc(S(N)(=O)=O)cc1C(=O)NCCc1nnc2n1CCCCC2. The Labute approximate surface area is 152 Å². The lowest BCUT2D eigenvalue weighted by Crippen LogP contribution is -2.27. The first-order valence-electron chi connectivity index (χ1n) is 8.69. The van der Waals surface area contributed by atoms with Crippen LogP contribution in [0.5, 0.6) is 0 Å². The Bertz CT molecular complexity index is 920. The Morgan fingerprint density at radius 1 is 1.27 bits per heavy atom. The summed E-state index contributed by atoms with van der Waals surface area (Å²) >= 11 is 0. The zero-order valence-electron chi connectivity index (χ0n) is 14.7. The minimum absolute atomic E-state index is 0.0731. The minimum atomic E-state index is -3.85. The van der Waals surface area contributed by atoms with E-state index in [2.05, 4.69) is 20.1 Å². The predicted molar refractivity (Wildman–Crippen MR) is 96.2 cm³/mol. The van der Waals surface area contributed by atoms with Crippen LogP contribution in [0.1, 0.15) is 46.8 Å². The monoisotopic (exact) mass is 377 g/mol. The van der Waals surface area contributed by atoms with Crippen molar-refractivity contribution in [1.82, 2.24) is 20.1 Å². The van der Waals surface area contributed by atoms with Crippen LogP contribution in [0, 0.1) is 6.92 Å². The standard InChI is InChI=1S/C17H23N5O3S/c1-12-6-7-13(26(18,24)25)11-14(12)17(23)19-9-8-16-21-20-15-5-3-2-4-10-22(15)16/h6-7,11H,2-5,8-10H2,1H3,(H,19,23)(H2,18,24,25). The van der Waals surface area contributed by atoms with Crippen molar-refractivity contribution < 1.29 is 13.2 Å². The van der Waals surface area contributed by atoms with Crippen LogP contribution in [0.3, 0.4) is 0 Å². The Morgan fingerprint density at radius 3 is 2.85 bits per heavy atom. The zero-order valence-corrected chi connectivity index (χ0v) is 15.6. The average Bonchev–Trinajstić information content (AvgIpc) is 2.81. The Kier molecular flexibility index (Phi) is 5.38. The third kappa shape index (κ3) is 4.10. The molecule has 3 rings (SSSR count). The molecule has 1 aromatic heterocycles. The Balaban J connectivity index is 1.66. The van der Waals surface area contributed by atoms with Gasteiger partial charge in [-0.1, -0.05) is 12.5 Å². The highest BCUT2D eigenvalue weighted by atomic mass is 32.2. The summed E-state index contributed by atoms with van der Waals surface area (Å²) in [5, 5.41) is 16.4. The number of amides is 1. The number of carbonyl (C=O) groups excluding carboxylic acids is 1. The summed E-state index contributed by atoms with van der Waals surface area (Å²) in [7, 11) is -3.85. The van der Waals surface area contributed by atoms with Gasteiger partial charge in [-0.3, -0.25) is 4.79 Å². The molecule has 0 aliphatic carbocycles. The van der Waals surface area contributed by atoms with E-state index >= 15 is 0 Å². The predicted octanol–water partition coefficient (Wildman–Crippen LogP) is 0.933. The van der Waals surface area contributed by atoms with Crippen molar-refractivity contribution in [2.75, 3.05) is 6.54 Å². The lowest BCUT2D eigenvalue weighted by Gasteiger charge is -2.10. The first kappa shape index (κ1) is 18.5. The number of nitrogens with zero attached hydrogens (tertiary/aromatic N) is 3. The highest BCUT2D eigenvalue weighted by molar-refractivity contribution is 7.89. The van der Waals surface area contributed by atoms with Gasteiger partial charge in [0.2, 0.25) is 10.0 Å². The van der Waals surface area contributed by atoms with E-state index < -0.39 is 10.0 Å². The van der Waals surface area contributed by atoms with E-state index in [4.69, 9.17) is 5.14 Å². The van der Waals surface area contributed by atoms with E-state index in [0.29, 0.717) is 24.1 Å². The number of fused-ring (bicyclic) bond motifs is 1. The maximum absolute atomic E-state index is 12.4. The number of aromatic nitrogens is 3. The Hall–Kier alpha value is -2.26. The highest BCUT2D eigenvalue weighted by Gasteiger charge is 2.17. The van der Waals surface area contributed by atoms with Crippen LogP contribution in [-0.2, 0) is 29.4 Å². The molecule has 0 saturated carbocycles. The molecule has 2 heterocycles. The zero-order chi connectivity index (χ0) is 18.7. The van der Waals surface area contributed by atoms with Crippen LogP contribution in [0.15, 0.2) is 23.1 Å². The van der Waals surface area contributed by atoms with E-state index in [1.165, 1.54) is 18.6 Å². The molecule has 1 aliphatic rings. The third-order valence-corrected chi connectivity index (χ3v) is 5.51. The first-order chi connectivity index (χ1) is 12.4. The van der Waals surface area contributed by atoms with Gasteiger partial charge in [0, 0.05) is 31.5 Å². The quantitative estimate of drug-likeness (QED) is 0.803. The largest absolute Gasteiger partial charge is 0.352 e. The molecule has 0 spiro atoms. The van der Waals surface area contributed by atoms with Gasteiger partial charge < -0.3 is 9.88 Å². The molecule has 0 saturated heterocycles. The molecule has 0 radical (unpaired) electrons. The number of hydrogen-bond acceptors (Lipinski definition) is 5. The number of sulfonamides is 1. The fourth-order valence-corrected chi connectivity index (χ4v) is 3.68. The summed E-state index contributed by atoms with van der Waals surface area (Å²) in [6.45, 7) is 3.07. The second-order valence-electron chi connectivity index (χ2n) is 6.52. The molecule has 3 N–H and O–H groups in total. The maximum Gasteiger partial charge on any atom is 0.251 e. The summed E-state index contributed by atoms with van der Waals surface area (Å²) in [5.41, 5.74) is 0.989. The van der Waals surface area contributed by atoms with E-state index in [9.17, 15) is 13.2 Å². The van der Waals surface area contributed by atoms with Gasteiger partial charge in [0.05, 0.1) is 4.90 Å². The van der Waals surface area contributed by atoms with Crippen LogP contribution in [0.25, 0.3) is 0 Å². The lowest BCUT2D eigenvalue weighted by atomic mass is 10.1. The summed E-state index contributed by atoms with van der Waals surface area (Å²) < 4.78 is 25.1. The number of primary sulfonamides is 1. The average molecular weight is 377 g/mol. The molecular formula is C17H23N5O3S. The molecule has 0 atom stereocenters. The molecule has 140 valence electrons. The van der Waals surface area contributed by atoms with Crippen molar-refractivity contribution in [3.63, 3.8) is 0 Å². The molecular weight excluding hydrogens is 354 g/mol. The van der Waals surface area contributed by atoms with Crippen LogP contribution in [0.2, 0.25) is 0 Å². The normalized spacial score (nSPS) is 14.5. The van der Waals surface area contributed by atoms with E-state index in [0.717, 1.165) is 37.5 Å². The van der Waals surface area contributed by atoms with E-state index in [-0.39, 0.29) is 10.8 Å². The number of hydrogen-bond donors (Lipinski definition) is 2. The highest BCUT2D eigenvalue weighted by Crippen LogP contribution is 2.16. The van der Waals surface area contributed by atoms with Gasteiger partial charge >= 0.3 is 0 Å². The summed E-state index contributed by atoms with van der Waals surface area (Å²) in [6.07, 6.45) is 4.96. The van der Waals surface area contributed by atoms with Crippen LogP contribution >= 0.6 is 0 Å². The molecule has 2 aromatic rings. The van der Waals surface area contributed by atoms with E-state index in [1.54, 1.807) is 13.0 Å². The smallest absolute Gasteiger partial charge is 0.251 e. The second kappa shape index (κ2) is 7.55. The summed E-state index contributed by atoms with van der Waals surface area (Å²) in [6, 6.07) is 4.28. The number of nitrogens with one attached hydrogen (secondary N) is 1. The van der Waals surface area contributed by atoms with Gasteiger partial charge in [0.15, 0.2) is 0 Å². The molecule has 1 aliphatic heterocycles. The molecule has 9 heteroatoms. The first-order valence-corrected chi connectivity index (χ1v) is 10.2. The van der Waals surface area contributed by atoms with Crippen molar-refractivity contribution in [3.8, 4) is 0 Å². The third-order valence-electron chi connectivity index (χ3n) is 4.60. The number of benzene rings is 1. The van der Waals surface area contributed by atoms with Crippen molar-refractivity contribution in [1.29, 1.82) is 0 Å². The second-order valence-corrected chi connectivity index (χ2v) is 8.08. The van der Waals surface area contributed by atoms with E-state index in [1.807, 2.05) is 0 Å². The maximum atomic E-state index is 12.4. The molecule has 1 aromatic carbocycles. The van der Waals surface area contributed by atoms with Crippen molar-refractivity contribution in [2.24, 2.45) is 5.14 Å². The molecule has 0 unspecified atom stereocenters. The van der Waals surface area contributed by atoms with Gasteiger partial charge in [-0.2, -0.15) is 0 Å². The number of rotatable bonds is 5.